The van der Waals surface area contributed by atoms with Crippen LogP contribution in [0.1, 0.15) is 31.7 Å². The molecule has 1 amide bonds. The van der Waals surface area contributed by atoms with E-state index in [1.54, 1.807) is 12.1 Å². The zero-order valence-electron chi connectivity index (χ0n) is 8.89. The van der Waals surface area contributed by atoms with Crippen molar-refractivity contribution in [2.45, 2.75) is 31.7 Å². The van der Waals surface area contributed by atoms with Crippen molar-refractivity contribution in [2.24, 2.45) is 0 Å². The topological polar surface area (TPSA) is 42.0 Å². The first kappa shape index (κ1) is 11.7. The highest BCUT2D eigenvalue weighted by atomic mass is 35.5. The molecule has 3 nitrogen and oxygen atoms in total. The van der Waals surface area contributed by atoms with Gasteiger partial charge in [0.05, 0.1) is 5.54 Å². The summed E-state index contributed by atoms with van der Waals surface area (Å²) in [6.45, 7) is 1.52. The lowest BCUT2D eigenvalue weighted by Crippen LogP contribution is -2.50. The summed E-state index contributed by atoms with van der Waals surface area (Å²) < 4.78 is 0. The van der Waals surface area contributed by atoms with Gasteiger partial charge in [-0.05, 0) is 37.0 Å². The second-order valence-electron chi connectivity index (χ2n) is 4.12. The lowest BCUT2D eigenvalue weighted by Gasteiger charge is -2.42. The number of aromatic nitrogens is 1. The molecule has 1 N–H and O–H groups in total. The van der Waals surface area contributed by atoms with Crippen LogP contribution in [-0.2, 0) is 10.3 Å². The smallest absolute Gasteiger partial charge is 0.217 e. The Hall–Kier alpha value is -0.800. The van der Waals surface area contributed by atoms with E-state index in [-0.39, 0.29) is 11.4 Å². The SMILES string of the molecule is CC(=O)NC1(c2cc(Cl)nc(Cl)c2)CCC1. The summed E-state index contributed by atoms with van der Waals surface area (Å²) in [6.07, 6.45) is 2.93. The minimum absolute atomic E-state index is 0.0382. The molecule has 0 aliphatic heterocycles. The Morgan fingerprint density at radius 3 is 2.31 bits per heavy atom. The molecule has 1 aliphatic carbocycles. The van der Waals surface area contributed by atoms with Gasteiger partial charge >= 0.3 is 0 Å². The molecule has 86 valence electrons. The molecule has 1 fully saturated rings. The fourth-order valence-corrected chi connectivity index (χ4v) is 2.55. The zero-order chi connectivity index (χ0) is 11.8. The Labute approximate surface area is 104 Å². The third-order valence-corrected chi connectivity index (χ3v) is 3.33. The zero-order valence-corrected chi connectivity index (χ0v) is 10.4. The van der Waals surface area contributed by atoms with Gasteiger partial charge in [-0.25, -0.2) is 4.98 Å². The van der Waals surface area contributed by atoms with Gasteiger partial charge in [0.25, 0.3) is 0 Å². The second-order valence-corrected chi connectivity index (χ2v) is 4.89. The average Bonchev–Trinajstić information content (AvgIpc) is 2.09. The van der Waals surface area contributed by atoms with Crippen molar-refractivity contribution in [1.29, 1.82) is 0 Å². The van der Waals surface area contributed by atoms with Crippen LogP contribution in [0.15, 0.2) is 12.1 Å². The van der Waals surface area contributed by atoms with Crippen molar-refractivity contribution < 1.29 is 4.79 Å². The molecule has 1 saturated carbocycles. The van der Waals surface area contributed by atoms with Gasteiger partial charge in [-0.3, -0.25) is 4.79 Å². The molecule has 0 radical (unpaired) electrons. The lowest BCUT2D eigenvalue weighted by molar-refractivity contribution is -0.122. The fourth-order valence-electron chi connectivity index (χ4n) is 2.09. The van der Waals surface area contributed by atoms with Gasteiger partial charge in [0.1, 0.15) is 10.3 Å². The molecule has 1 heterocycles. The molecule has 5 heteroatoms. The maximum absolute atomic E-state index is 11.2. The van der Waals surface area contributed by atoms with Crippen LogP contribution in [0.25, 0.3) is 0 Å². The van der Waals surface area contributed by atoms with E-state index in [0.29, 0.717) is 10.3 Å². The van der Waals surface area contributed by atoms with E-state index in [0.717, 1.165) is 24.8 Å². The third kappa shape index (κ3) is 2.15. The number of hydrogen-bond donors (Lipinski definition) is 1. The molecular formula is C11H12Cl2N2O. The standard InChI is InChI=1S/C11H12Cl2N2O/c1-7(16)15-11(3-2-4-11)8-5-9(12)14-10(13)6-8/h5-6H,2-4H2,1H3,(H,15,16). The van der Waals surface area contributed by atoms with E-state index in [1.807, 2.05) is 0 Å². The van der Waals surface area contributed by atoms with E-state index in [9.17, 15) is 4.79 Å². The molecule has 16 heavy (non-hydrogen) atoms. The predicted octanol–water partition coefficient (Wildman–Crippen LogP) is 2.90. The summed E-state index contributed by atoms with van der Waals surface area (Å²) >= 11 is 11.7. The molecule has 0 unspecified atom stereocenters. The van der Waals surface area contributed by atoms with E-state index in [1.165, 1.54) is 6.92 Å². The lowest BCUT2D eigenvalue weighted by atomic mass is 9.72. The highest BCUT2D eigenvalue weighted by Crippen LogP contribution is 2.42. The summed E-state index contributed by atoms with van der Waals surface area (Å²) in [6, 6.07) is 3.53. The molecule has 1 aromatic heterocycles. The second kappa shape index (κ2) is 4.22. The van der Waals surface area contributed by atoms with E-state index < -0.39 is 0 Å². The van der Waals surface area contributed by atoms with Crippen LogP contribution in [0.2, 0.25) is 10.3 Å². The van der Waals surface area contributed by atoms with Gasteiger partial charge < -0.3 is 5.32 Å². The quantitative estimate of drug-likeness (QED) is 0.830. The van der Waals surface area contributed by atoms with Gasteiger partial charge in [-0.15, -0.1) is 0 Å². The number of carbonyl (C=O) groups excluding carboxylic acids is 1. The maximum Gasteiger partial charge on any atom is 0.217 e. The largest absolute Gasteiger partial charge is 0.347 e. The molecule has 0 bridgehead atoms. The van der Waals surface area contributed by atoms with Crippen LogP contribution in [0.5, 0.6) is 0 Å². The van der Waals surface area contributed by atoms with Crippen LogP contribution in [0.4, 0.5) is 0 Å². The van der Waals surface area contributed by atoms with Crippen LogP contribution in [0, 0.1) is 0 Å². The minimum atomic E-state index is -0.290. The van der Waals surface area contributed by atoms with E-state index in [4.69, 9.17) is 23.2 Å². The summed E-state index contributed by atoms with van der Waals surface area (Å²) in [7, 11) is 0. The van der Waals surface area contributed by atoms with E-state index in [2.05, 4.69) is 10.3 Å². The number of nitrogens with one attached hydrogen (secondary N) is 1. The molecule has 2 rings (SSSR count). The molecule has 1 aliphatic rings. The summed E-state index contributed by atoms with van der Waals surface area (Å²) in [4.78, 5) is 15.1. The van der Waals surface area contributed by atoms with Crippen LogP contribution < -0.4 is 5.32 Å². The first-order chi connectivity index (χ1) is 7.52. The number of halogens is 2. The molecule has 0 spiro atoms. The van der Waals surface area contributed by atoms with E-state index >= 15 is 0 Å². The highest BCUT2D eigenvalue weighted by Gasteiger charge is 2.39. The molecule has 0 saturated heterocycles. The summed E-state index contributed by atoms with van der Waals surface area (Å²) in [5.74, 6) is -0.0382. The minimum Gasteiger partial charge on any atom is -0.347 e. The van der Waals surface area contributed by atoms with Crippen LogP contribution >= 0.6 is 23.2 Å². The summed E-state index contributed by atoms with van der Waals surface area (Å²) in [5, 5.41) is 3.70. The number of hydrogen-bond acceptors (Lipinski definition) is 2. The van der Waals surface area contributed by atoms with Crippen molar-refractivity contribution in [1.82, 2.24) is 10.3 Å². The van der Waals surface area contributed by atoms with Gasteiger partial charge in [-0.1, -0.05) is 23.2 Å². The number of rotatable bonds is 2. The average molecular weight is 259 g/mol. The Balaban J connectivity index is 2.36. The van der Waals surface area contributed by atoms with Crippen LogP contribution in [-0.4, -0.2) is 10.9 Å². The Morgan fingerprint density at radius 2 is 1.94 bits per heavy atom. The highest BCUT2D eigenvalue weighted by molar-refractivity contribution is 6.32. The third-order valence-electron chi connectivity index (χ3n) is 2.94. The maximum atomic E-state index is 11.2. The van der Waals surface area contributed by atoms with Crippen molar-refractivity contribution in [2.75, 3.05) is 0 Å². The number of amides is 1. The number of nitrogens with zero attached hydrogens (tertiary/aromatic N) is 1. The van der Waals surface area contributed by atoms with Gasteiger partial charge in [0.15, 0.2) is 0 Å². The monoisotopic (exact) mass is 258 g/mol. The van der Waals surface area contributed by atoms with Gasteiger partial charge in [0.2, 0.25) is 5.91 Å². The Bertz CT molecular complexity index is 410. The fraction of sp³-hybridized carbons (Fsp3) is 0.455. The number of pyridine rings is 1. The van der Waals surface area contributed by atoms with Crippen LogP contribution in [0.3, 0.4) is 0 Å². The first-order valence-electron chi connectivity index (χ1n) is 5.14. The molecule has 0 atom stereocenters. The van der Waals surface area contributed by atoms with Crippen molar-refractivity contribution in [3.63, 3.8) is 0 Å². The van der Waals surface area contributed by atoms with Gasteiger partial charge in [0, 0.05) is 6.92 Å². The van der Waals surface area contributed by atoms with Crippen molar-refractivity contribution >= 4 is 29.1 Å². The first-order valence-corrected chi connectivity index (χ1v) is 5.90. The molecular weight excluding hydrogens is 247 g/mol. The van der Waals surface area contributed by atoms with Gasteiger partial charge in [-0.2, -0.15) is 0 Å². The predicted molar refractivity (Wildman–Crippen MR) is 63.6 cm³/mol. The van der Waals surface area contributed by atoms with Crippen molar-refractivity contribution in [3.8, 4) is 0 Å². The normalized spacial score (nSPS) is 17.7. The molecule has 1 aromatic rings. The van der Waals surface area contributed by atoms with Crippen molar-refractivity contribution in [3.05, 3.63) is 28.0 Å². The molecule has 0 aromatic carbocycles. The summed E-state index contributed by atoms with van der Waals surface area (Å²) in [5.41, 5.74) is 0.654. The number of carbonyl (C=O) groups is 1. The Kier molecular flexibility index (Phi) is 3.08. The Morgan fingerprint density at radius 1 is 1.38 bits per heavy atom.